The predicted octanol–water partition coefficient (Wildman–Crippen LogP) is 4.20. The molecule has 0 radical (unpaired) electrons. The Balaban J connectivity index is 1.09. The molecule has 6 amide bonds. The predicted molar refractivity (Wildman–Crippen MR) is 217 cm³/mol. The summed E-state index contributed by atoms with van der Waals surface area (Å²) < 4.78 is 9.55. The first-order chi connectivity index (χ1) is 28.5. The van der Waals surface area contributed by atoms with E-state index >= 15 is 0 Å². The Labute approximate surface area is 343 Å². The third-order valence-corrected chi connectivity index (χ3v) is 12.6. The summed E-state index contributed by atoms with van der Waals surface area (Å²) in [5.74, 6) is -2.34. The minimum atomic E-state index is -0.754. The Morgan fingerprint density at radius 1 is 0.627 bits per heavy atom. The molecule has 7 rings (SSSR count). The van der Waals surface area contributed by atoms with Gasteiger partial charge in [-0.3, -0.25) is 19.2 Å². The van der Waals surface area contributed by atoms with E-state index in [2.05, 4.69) is 27.7 Å². The van der Waals surface area contributed by atoms with Gasteiger partial charge >= 0.3 is 12.2 Å². The number of anilines is 1. The van der Waals surface area contributed by atoms with Crippen LogP contribution in [0.5, 0.6) is 0 Å². The van der Waals surface area contributed by atoms with Crippen LogP contribution in [0.3, 0.4) is 0 Å². The van der Waals surface area contributed by atoms with Crippen molar-refractivity contribution < 1.29 is 38.2 Å². The van der Waals surface area contributed by atoms with Crippen LogP contribution < -0.4 is 27.0 Å². The first-order valence-electron chi connectivity index (χ1n) is 20.4. The molecule has 0 spiro atoms. The molecule has 0 saturated carbocycles. The molecule has 0 aromatic heterocycles. The van der Waals surface area contributed by atoms with Crippen LogP contribution in [0, 0.1) is 11.8 Å². The molecule has 4 aliphatic heterocycles. The summed E-state index contributed by atoms with van der Waals surface area (Å²) in [6, 6.07) is 23.3. The number of nitrogens with zero attached hydrogens (tertiary/aromatic N) is 3. The van der Waals surface area contributed by atoms with E-state index in [-0.39, 0.29) is 36.0 Å². The molecule has 8 atom stereocenters. The molecular formula is C44H53N7O8. The van der Waals surface area contributed by atoms with Crippen molar-refractivity contribution in [1.29, 1.82) is 0 Å². The number of methoxy groups -OCH3 is 2. The lowest BCUT2D eigenvalue weighted by atomic mass is 9.92. The molecule has 15 nitrogen and oxygen atoms in total. The number of ether oxygens (including phenoxy) is 2. The Bertz CT molecular complexity index is 1900. The van der Waals surface area contributed by atoms with E-state index in [1.165, 1.54) is 14.2 Å². The number of amides is 6. The van der Waals surface area contributed by atoms with Crippen molar-refractivity contribution >= 4 is 41.5 Å². The van der Waals surface area contributed by atoms with Crippen molar-refractivity contribution in [2.75, 3.05) is 19.1 Å². The van der Waals surface area contributed by atoms with E-state index in [4.69, 9.17) is 20.9 Å². The minimum Gasteiger partial charge on any atom is -0.453 e. The van der Waals surface area contributed by atoms with Crippen molar-refractivity contribution in [3.8, 4) is 0 Å². The van der Waals surface area contributed by atoms with Gasteiger partial charge in [0.2, 0.25) is 23.6 Å². The monoisotopic (exact) mass is 807 g/mol. The summed E-state index contributed by atoms with van der Waals surface area (Å²) in [7, 11) is 2.52. The maximum atomic E-state index is 13.9. The Kier molecular flexibility index (Phi) is 12.4. The standard InChI is InChI=1S/C44H53N7O8/c1-58-43(56)47-33-10-6-12-35-31(39(45)52)22-37(50(35)41(33)54)28-18-14-26(15-19-28)24-49(30-8-4-3-5-9-30)25-27-16-20-29(21-17-27)38-23-32(40(46)53)36-13-7-11-34(42(55)51(36)38)48-44(57)59-2/h3-5,8-9,14-21,31-38H,6-7,10-13,22-25H2,1-2H3,(H2,45,52)(H2,46,53)(H,47,56)(H,48,57)/t31?,32?,33-,34-,35+,36+,37+,38+/m1/s1. The van der Waals surface area contributed by atoms with Gasteiger partial charge in [-0.05, 0) is 85.8 Å². The Morgan fingerprint density at radius 3 is 1.41 bits per heavy atom. The fourth-order valence-corrected chi connectivity index (χ4v) is 9.74. The molecule has 0 bridgehead atoms. The first-order valence-corrected chi connectivity index (χ1v) is 20.4. The smallest absolute Gasteiger partial charge is 0.407 e. The van der Waals surface area contributed by atoms with Gasteiger partial charge in [0.1, 0.15) is 12.1 Å². The Morgan fingerprint density at radius 2 is 1.03 bits per heavy atom. The van der Waals surface area contributed by atoms with Gasteiger partial charge in [0, 0.05) is 30.9 Å². The number of hydrogen-bond donors (Lipinski definition) is 4. The first kappa shape index (κ1) is 41.1. The third-order valence-electron chi connectivity index (χ3n) is 12.6. The van der Waals surface area contributed by atoms with Crippen LogP contribution in [-0.4, -0.2) is 84.0 Å². The van der Waals surface area contributed by atoms with Crippen LogP contribution in [0.25, 0.3) is 0 Å². The summed E-state index contributed by atoms with van der Waals surface area (Å²) in [6.07, 6.45) is 2.89. The molecule has 15 heteroatoms. The maximum Gasteiger partial charge on any atom is 0.407 e. The number of hydrogen-bond acceptors (Lipinski definition) is 9. The zero-order valence-corrected chi connectivity index (χ0v) is 33.5. The van der Waals surface area contributed by atoms with E-state index in [0.717, 1.165) is 27.9 Å². The van der Waals surface area contributed by atoms with Gasteiger partial charge in [0.05, 0.1) is 38.1 Å². The van der Waals surface area contributed by atoms with Crippen molar-refractivity contribution in [3.05, 3.63) is 101 Å². The molecular weight excluding hydrogens is 755 g/mol. The minimum absolute atomic E-state index is 0.241. The maximum absolute atomic E-state index is 13.9. The highest BCUT2D eigenvalue weighted by molar-refractivity contribution is 5.89. The van der Waals surface area contributed by atoms with Crippen LogP contribution in [-0.2, 0) is 41.7 Å². The van der Waals surface area contributed by atoms with Crippen molar-refractivity contribution in [1.82, 2.24) is 20.4 Å². The normalized spacial score (nSPS) is 26.5. The largest absolute Gasteiger partial charge is 0.453 e. The van der Waals surface area contributed by atoms with Crippen molar-refractivity contribution in [3.63, 3.8) is 0 Å². The molecule has 2 unspecified atom stereocenters. The second kappa shape index (κ2) is 17.8. The highest BCUT2D eigenvalue weighted by atomic mass is 16.5. The van der Waals surface area contributed by atoms with Gasteiger partial charge in [0.25, 0.3) is 0 Å². The van der Waals surface area contributed by atoms with Crippen LogP contribution >= 0.6 is 0 Å². The number of rotatable bonds is 11. The molecule has 4 fully saturated rings. The summed E-state index contributed by atoms with van der Waals surface area (Å²) in [6.45, 7) is 1.14. The van der Waals surface area contributed by atoms with E-state index in [1.807, 2.05) is 66.7 Å². The van der Waals surface area contributed by atoms with Crippen LogP contribution in [0.15, 0.2) is 78.9 Å². The molecule has 0 aliphatic carbocycles. The molecule has 3 aromatic carbocycles. The van der Waals surface area contributed by atoms with Gasteiger partial charge in [-0.2, -0.15) is 0 Å². The molecule has 4 aliphatic rings. The average Bonchev–Trinajstić information content (AvgIpc) is 3.73. The molecule has 59 heavy (non-hydrogen) atoms. The summed E-state index contributed by atoms with van der Waals surface area (Å²) in [5, 5.41) is 5.35. The number of primary amides is 2. The number of benzene rings is 3. The molecule has 6 N–H and O–H groups in total. The third kappa shape index (κ3) is 8.69. The average molecular weight is 808 g/mol. The van der Waals surface area contributed by atoms with Crippen LogP contribution in [0.4, 0.5) is 15.3 Å². The zero-order chi connectivity index (χ0) is 41.8. The highest BCUT2D eigenvalue weighted by Gasteiger charge is 2.51. The van der Waals surface area contributed by atoms with Gasteiger partial charge in [-0.15, -0.1) is 0 Å². The zero-order valence-electron chi connectivity index (χ0n) is 33.5. The lowest BCUT2D eigenvalue weighted by Gasteiger charge is -2.32. The number of nitrogens with one attached hydrogen (secondary N) is 2. The summed E-state index contributed by atoms with van der Waals surface area (Å²) in [4.78, 5) is 83.0. The number of alkyl carbamates (subject to hydrolysis) is 2. The topological polar surface area (TPSA) is 207 Å². The van der Waals surface area contributed by atoms with E-state index in [0.29, 0.717) is 64.5 Å². The number of fused-ring (bicyclic) bond motifs is 2. The van der Waals surface area contributed by atoms with Gasteiger partial charge < -0.3 is 46.3 Å². The number of carbonyl (C=O) groups excluding carboxylic acids is 6. The van der Waals surface area contributed by atoms with E-state index in [9.17, 15) is 28.8 Å². The summed E-state index contributed by atoms with van der Waals surface area (Å²) in [5.41, 5.74) is 16.6. The SMILES string of the molecule is COC(=O)N[C@@H]1CCC[C@H]2C(C(N)=O)C[C@@H](c3ccc(CN(Cc4ccc([C@@H]5CC(C(N)=O)[C@@H]6CCC[C@@H](NC(=O)OC)C(=O)N56)cc4)c4ccccc4)cc3)N2C1=O. The highest BCUT2D eigenvalue weighted by Crippen LogP contribution is 2.45. The van der Waals surface area contributed by atoms with Crippen LogP contribution in [0.1, 0.15) is 85.7 Å². The van der Waals surface area contributed by atoms with Crippen LogP contribution in [0.2, 0.25) is 0 Å². The van der Waals surface area contributed by atoms with Gasteiger partial charge in [-0.1, -0.05) is 66.7 Å². The number of nitrogens with two attached hydrogens (primary N) is 2. The Hall–Kier alpha value is -6.12. The van der Waals surface area contributed by atoms with Crippen molar-refractivity contribution in [2.45, 2.75) is 101 Å². The van der Waals surface area contributed by atoms with E-state index in [1.54, 1.807) is 9.80 Å². The van der Waals surface area contributed by atoms with Crippen molar-refractivity contribution in [2.24, 2.45) is 23.3 Å². The van der Waals surface area contributed by atoms with E-state index < -0.39 is 47.9 Å². The number of para-hydroxylation sites is 1. The van der Waals surface area contributed by atoms with Gasteiger partial charge in [0.15, 0.2) is 0 Å². The summed E-state index contributed by atoms with van der Waals surface area (Å²) >= 11 is 0. The van der Waals surface area contributed by atoms with Gasteiger partial charge in [-0.25, -0.2) is 9.59 Å². The quantitative estimate of drug-likeness (QED) is 0.219. The second-order valence-electron chi connectivity index (χ2n) is 16.1. The lowest BCUT2D eigenvalue weighted by molar-refractivity contribution is -0.137. The second-order valence-corrected chi connectivity index (χ2v) is 16.1. The lowest BCUT2D eigenvalue weighted by Crippen LogP contribution is -2.50. The molecule has 312 valence electrons. The fraction of sp³-hybridized carbons (Fsp3) is 0.455. The fourth-order valence-electron chi connectivity index (χ4n) is 9.74. The molecule has 4 heterocycles. The number of carbonyl (C=O) groups is 6. The molecule has 3 aromatic rings. The molecule has 4 saturated heterocycles.